The maximum atomic E-state index is 14.1. The molecule has 0 aliphatic carbocycles. The molecule has 192 valence electrons. The molecule has 0 saturated carbocycles. The minimum absolute atomic E-state index is 0.0573. The van der Waals surface area contributed by atoms with Gasteiger partial charge in [0.1, 0.15) is 11.4 Å². The number of fused-ring (bicyclic) bond motifs is 2. The van der Waals surface area contributed by atoms with E-state index in [1.807, 2.05) is 60.0 Å². The van der Waals surface area contributed by atoms with Gasteiger partial charge < -0.3 is 11.1 Å². The first kappa shape index (κ1) is 24.2. The van der Waals surface area contributed by atoms with Crippen LogP contribution in [0.4, 0.5) is 5.82 Å². The number of anilines is 1. The van der Waals surface area contributed by atoms with E-state index in [1.165, 1.54) is 20.4 Å². The largest absolute Gasteiger partial charge is 0.381 e. The molecule has 6 aromatic rings. The first-order valence-corrected chi connectivity index (χ1v) is 13.0. The molecule has 4 heterocycles. The molecular formula is C28H22N8O2S. The fourth-order valence-electron chi connectivity index (χ4n) is 4.46. The van der Waals surface area contributed by atoms with E-state index < -0.39 is 11.9 Å². The van der Waals surface area contributed by atoms with E-state index in [9.17, 15) is 9.59 Å². The van der Waals surface area contributed by atoms with Crippen molar-refractivity contribution in [3.8, 4) is 5.69 Å². The zero-order valence-corrected chi connectivity index (χ0v) is 21.5. The Kier molecular flexibility index (Phi) is 6.17. The summed E-state index contributed by atoms with van der Waals surface area (Å²) in [5, 5.41) is 9.50. The molecule has 0 aliphatic heterocycles. The number of hydrogen-bond acceptors (Lipinski definition) is 8. The van der Waals surface area contributed by atoms with Crippen molar-refractivity contribution in [2.75, 3.05) is 5.73 Å². The lowest BCUT2D eigenvalue weighted by Crippen LogP contribution is -2.33. The monoisotopic (exact) mass is 534 g/mol. The molecular weight excluding hydrogens is 512 g/mol. The second kappa shape index (κ2) is 9.95. The molecule has 0 unspecified atom stereocenters. The minimum Gasteiger partial charge on any atom is -0.381 e. The van der Waals surface area contributed by atoms with Crippen molar-refractivity contribution >= 4 is 51.8 Å². The number of nitrogens with one attached hydrogen (secondary N) is 1. The third-order valence-electron chi connectivity index (χ3n) is 6.24. The summed E-state index contributed by atoms with van der Waals surface area (Å²) < 4.78 is 2.98. The standard InChI is InChI=1S/C28H22N8O2S/c1-17(32-27(37)23-24(29)34-35-14-6-13-30-26(23)35)25-33-21-10-5-7-18(11-12-19-15-39-16-31-19)22(21)28(38)36(25)20-8-3-2-4-9-20/h2-17H,1H3,(H2,29,34)(H,32,37)/b12-11+/t17-/m0/s1. The van der Waals surface area contributed by atoms with Gasteiger partial charge >= 0.3 is 0 Å². The predicted molar refractivity (Wildman–Crippen MR) is 152 cm³/mol. The average molecular weight is 535 g/mol. The molecule has 2 aromatic carbocycles. The summed E-state index contributed by atoms with van der Waals surface area (Å²) in [6, 6.07) is 15.8. The number of aromatic nitrogens is 6. The van der Waals surface area contributed by atoms with Crippen LogP contribution in [0.25, 0.3) is 34.4 Å². The average Bonchev–Trinajstić information content (AvgIpc) is 3.59. The van der Waals surface area contributed by atoms with Crippen LogP contribution in [0.15, 0.2) is 82.7 Å². The number of nitrogens with two attached hydrogens (primary N) is 1. The van der Waals surface area contributed by atoms with E-state index in [1.54, 1.807) is 37.0 Å². The summed E-state index contributed by atoms with van der Waals surface area (Å²) in [6.45, 7) is 1.77. The molecule has 3 N–H and O–H groups in total. The van der Waals surface area contributed by atoms with Gasteiger partial charge in [-0.2, -0.15) is 0 Å². The summed E-state index contributed by atoms with van der Waals surface area (Å²) in [4.78, 5) is 40.9. The highest BCUT2D eigenvalue weighted by Gasteiger charge is 2.24. The fourth-order valence-corrected chi connectivity index (χ4v) is 4.99. The Hall–Kier alpha value is -5.16. The van der Waals surface area contributed by atoms with Crippen LogP contribution in [0.5, 0.6) is 0 Å². The van der Waals surface area contributed by atoms with E-state index >= 15 is 0 Å². The summed E-state index contributed by atoms with van der Waals surface area (Å²) >= 11 is 1.50. The van der Waals surface area contributed by atoms with Gasteiger partial charge in [0.05, 0.1) is 33.8 Å². The second-order valence-corrected chi connectivity index (χ2v) is 9.50. The van der Waals surface area contributed by atoms with Gasteiger partial charge in [0.25, 0.3) is 11.5 Å². The SMILES string of the molecule is C[C@H](NC(=O)c1c(N)nn2cccnc12)c1nc2cccc(/C=C/c3cscn3)c2c(=O)n1-c1ccccc1. The number of nitrogen functional groups attached to an aromatic ring is 1. The first-order valence-electron chi connectivity index (χ1n) is 12.1. The highest BCUT2D eigenvalue weighted by molar-refractivity contribution is 7.07. The zero-order chi connectivity index (χ0) is 26.9. The van der Waals surface area contributed by atoms with Crippen LogP contribution in [0.1, 0.15) is 40.4 Å². The number of nitrogens with zero attached hydrogens (tertiary/aromatic N) is 6. The van der Waals surface area contributed by atoms with Crippen molar-refractivity contribution in [2.45, 2.75) is 13.0 Å². The number of hydrogen-bond donors (Lipinski definition) is 2. The lowest BCUT2D eigenvalue weighted by molar-refractivity contribution is 0.0940. The summed E-state index contributed by atoms with van der Waals surface area (Å²) in [5.41, 5.74) is 10.7. The topological polar surface area (TPSA) is 133 Å². The second-order valence-electron chi connectivity index (χ2n) is 8.78. The third-order valence-corrected chi connectivity index (χ3v) is 6.84. The summed E-state index contributed by atoms with van der Waals surface area (Å²) in [6.07, 6.45) is 6.96. The molecule has 11 heteroatoms. The maximum absolute atomic E-state index is 14.1. The van der Waals surface area contributed by atoms with Gasteiger partial charge in [-0.1, -0.05) is 36.4 Å². The third kappa shape index (κ3) is 4.44. The number of benzene rings is 2. The van der Waals surface area contributed by atoms with Gasteiger partial charge in [-0.3, -0.25) is 14.2 Å². The van der Waals surface area contributed by atoms with Crippen molar-refractivity contribution in [2.24, 2.45) is 0 Å². The molecule has 0 saturated heterocycles. The number of thiazole rings is 1. The normalized spacial score (nSPS) is 12.3. The lowest BCUT2D eigenvalue weighted by Gasteiger charge is -2.20. The van der Waals surface area contributed by atoms with Crippen molar-refractivity contribution in [3.05, 3.63) is 111 Å². The first-order chi connectivity index (χ1) is 19.0. The Labute approximate surface area is 226 Å². The van der Waals surface area contributed by atoms with Crippen LogP contribution in [0.3, 0.4) is 0 Å². The highest BCUT2D eigenvalue weighted by atomic mass is 32.1. The molecule has 0 radical (unpaired) electrons. The fraction of sp³-hybridized carbons (Fsp3) is 0.0714. The van der Waals surface area contributed by atoms with Crippen molar-refractivity contribution in [3.63, 3.8) is 0 Å². The van der Waals surface area contributed by atoms with Gasteiger partial charge in [0, 0.05) is 17.8 Å². The Bertz CT molecular complexity index is 1910. The van der Waals surface area contributed by atoms with Crippen LogP contribution in [-0.2, 0) is 0 Å². The zero-order valence-electron chi connectivity index (χ0n) is 20.7. The molecule has 0 spiro atoms. The van der Waals surface area contributed by atoms with Crippen molar-refractivity contribution in [1.82, 2.24) is 34.4 Å². The number of rotatable bonds is 6. The van der Waals surface area contributed by atoms with Crippen LogP contribution in [0, 0.1) is 0 Å². The van der Waals surface area contributed by atoms with E-state index in [0.717, 1.165) is 11.3 Å². The van der Waals surface area contributed by atoms with Crippen LogP contribution in [-0.4, -0.2) is 35.0 Å². The molecule has 0 bridgehead atoms. The van der Waals surface area contributed by atoms with Gasteiger partial charge in [0.15, 0.2) is 11.5 Å². The molecule has 6 rings (SSSR count). The van der Waals surface area contributed by atoms with Gasteiger partial charge in [-0.05, 0) is 42.8 Å². The van der Waals surface area contributed by atoms with Gasteiger partial charge in [-0.15, -0.1) is 16.4 Å². The van der Waals surface area contributed by atoms with Crippen molar-refractivity contribution in [1.29, 1.82) is 0 Å². The van der Waals surface area contributed by atoms with E-state index in [-0.39, 0.29) is 16.9 Å². The number of carbonyl (C=O) groups is 1. The maximum Gasteiger partial charge on any atom is 0.266 e. The highest BCUT2D eigenvalue weighted by Crippen LogP contribution is 2.23. The molecule has 1 amide bonds. The quantitative estimate of drug-likeness (QED) is 0.328. The molecule has 39 heavy (non-hydrogen) atoms. The van der Waals surface area contributed by atoms with Gasteiger partial charge in [-0.25, -0.2) is 19.5 Å². The Morgan fingerprint density at radius 2 is 1.92 bits per heavy atom. The van der Waals surface area contributed by atoms with Crippen LogP contribution in [0.2, 0.25) is 0 Å². The minimum atomic E-state index is -0.665. The molecule has 0 aliphatic rings. The van der Waals surface area contributed by atoms with Gasteiger partial charge in [0.2, 0.25) is 0 Å². The molecule has 4 aromatic heterocycles. The lowest BCUT2D eigenvalue weighted by atomic mass is 10.1. The summed E-state index contributed by atoms with van der Waals surface area (Å²) in [7, 11) is 0. The Morgan fingerprint density at radius 3 is 2.72 bits per heavy atom. The molecule has 0 fully saturated rings. The molecule has 1 atom stereocenters. The van der Waals surface area contributed by atoms with Crippen molar-refractivity contribution < 1.29 is 4.79 Å². The van der Waals surface area contributed by atoms with E-state index in [2.05, 4.69) is 20.4 Å². The molecule has 10 nitrogen and oxygen atoms in total. The summed E-state index contributed by atoms with van der Waals surface area (Å²) in [5.74, 6) is -0.0415. The number of para-hydroxylation sites is 1. The predicted octanol–water partition coefficient (Wildman–Crippen LogP) is 4.13. The number of amides is 1. The Balaban J connectivity index is 1.47. The number of carbonyl (C=O) groups excluding carboxylic acids is 1. The van der Waals surface area contributed by atoms with Crippen LogP contribution < -0.4 is 16.6 Å². The van der Waals surface area contributed by atoms with E-state index in [4.69, 9.17) is 10.7 Å². The smallest absolute Gasteiger partial charge is 0.266 e. The Morgan fingerprint density at radius 1 is 1.08 bits per heavy atom. The van der Waals surface area contributed by atoms with Crippen LogP contribution >= 0.6 is 11.3 Å². The van der Waals surface area contributed by atoms with E-state index in [0.29, 0.717) is 28.1 Å².